The second-order valence-corrected chi connectivity index (χ2v) is 4.63. The van der Waals surface area contributed by atoms with Crippen LogP contribution in [0.3, 0.4) is 0 Å². The van der Waals surface area contributed by atoms with E-state index in [-0.39, 0.29) is 11.6 Å². The number of non-ortho nitro benzene ring substituents is 1. The Hall–Kier alpha value is -1.91. The molecule has 0 unspecified atom stereocenters. The molecule has 1 heterocycles. The summed E-state index contributed by atoms with van der Waals surface area (Å²) in [6, 6.07) is 4.60. The van der Waals surface area contributed by atoms with Gasteiger partial charge in [0, 0.05) is 24.4 Å². The molecule has 1 aliphatic rings. The minimum absolute atomic E-state index is 0.00417. The van der Waals surface area contributed by atoms with E-state index in [2.05, 4.69) is 0 Å². The van der Waals surface area contributed by atoms with Gasteiger partial charge in [-0.2, -0.15) is 0 Å². The number of hydrogen-bond acceptors (Lipinski definition) is 3. The minimum atomic E-state index is -0.683. The normalized spacial score (nSPS) is 17.1. The van der Waals surface area contributed by atoms with Crippen molar-refractivity contribution < 1.29 is 9.72 Å². The molecule has 17 heavy (non-hydrogen) atoms. The van der Waals surface area contributed by atoms with Crippen molar-refractivity contribution in [3.63, 3.8) is 0 Å². The Balaban J connectivity index is 2.63. The Morgan fingerprint density at radius 2 is 2.06 bits per heavy atom. The minimum Gasteiger partial charge on any atom is -0.312 e. The van der Waals surface area contributed by atoms with E-state index in [0.29, 0.717) is 6.54 Å². The molecule has 90 valence electrons. The summed E-state index contributed by atoms with van der Waals surface area (Å²) < 4.78 is 0. The molecule has 0 bridgehead atoms. The number of carbonyl (C=O) groups is 1. The maximum Gasteiger partial charge on any atom is 0.269 e. The molecule has 0 spiro atoms. The topological polar surface area (TPSA) is 63.5 Å². The second kappa shape index (κ2) is 3.55. The Kier molecular flexibility index (Phi) is 2.41. The van der Waals surface area contributed by atoms with Gasteiger partial charge in [-0.1, -0.05) is 0 Å². The molecule has 0 N–H and O–H groups in total. The molecule has 0 saturated heterocycles. The van der Waals surface area contributed by atoms with Gasteiger partial charge in [0.25, 0.3) is 5.69 Å². The number of nitro groups is 1. The quantitative estimate of drug-likeness (QED) is 0.582. The third-order valence-electron chi connectivity index (χ3n) is 3.25. The SMILES string of the molecule is CCN1C(=O)C(C)(C)c2cc([N+](=O)[O-])ccc21. The summed E-state index contributed by atoms with van der Waals surface area (Å²) in [5.74, 6) is -0.00417. The zero-order valence-electron chi connectivity index (χ0n) is 10.1. The number of rotatable bonds is 2. The molecule has 0 fully saturated rings. The van der Waals surface area contributed by atoms with Crippen molar-refractivity contribution in [2.45, 2.75) is 26.2 Å². The van der Waals surface area contributed by atoms with Crippen LogP contribution in [0.4, 0.5) is 11.4 Å². The van der Waals surface area contributed by atoms with Gasteiger partial charge in [0.15, 0.2) is 0 Å². The van der Waals surface area contributed by atoms with E-state index in [0.717, 1.165) is 11.3 Å². The zero-order valence-corrected chi connectivity index (χ0v) is 10.1. The number of anilines is 1. The molecule has 0 saturated carbocycles. The fraction of sp³-hybridized carbons (Fsp3) is 0.417. The largest absolute Gasteiger partial charge is 0.312 e. The predicted octanol–water partition coefficient (Wildman–Crippen LogP) is 2.24. The molecule has 0 atom stereocenters. The van der Waals surface area contributed by atoms with Crippen LogP contribution in [0, 0.1) is 10.1 Å². The lowest BCUT2D eigenvalue weighted by Gasteiger charge is -2.18. The standard InChI is InChI=1S/C12H14N2O3/c1-4-13-10-6-5-8(14(16)17)7-9(10)12(2,3)11(13)15/h5-7H,4H2,1-3H3. The molecule has 0 aliphatic carbocycles. The van der Waals surface area contributed by atoms with Crippen LogP contribution in [0.1, 0.15) is 26.3 Å². The smallest absolute Gasteiger partial charge is 0.269 e. The van der Waals surface area contributed by atoms with Gasteiger partial charge in [-0.25, -0.2) is 0 Å². The van der Waals surface area contributed by atoms with Gasteiger partial charge in [-0.3, -0.25) is 14.9 Å². The van der Waals surface area contributed by atoms with Crippen LogP contribution in [0.5, 0.6) is 0 Å². The van der Waals surface area contributed by atoms with Crippen molar-refractivity contribution in [2.75, 3.05) is 11.4 Å². The Morgan fingerprint density at radius 1 is 1.41 bits per heavy atom. The van der Waals surface area contributed by atoms with Crippen LogP contribution < -0.4 is 4.90 Å². The first-order chi connectivity index (χ1) is 7.89. The number of likely N-dealkylation sites (N-methyl/N-ethyl adjacent to an activating group) is 1. The molecule has 1 aromatic rings. The first-order valence-electron chi connectivity index (χ1n) is 5.50. The van der Waals surface area contributed by atoms with E-state index in [1.165, 1.54) is 12.1 Å². The molecule has 2 rings (SSSR count). The summed E-state index contributed by atoms with van der Waals surface area (Å²) in [7, 11) is 0. The van der Waals surface area contributed by atoms with Crippen LogP contribution in [0.2, 0.25) is 0 Å². The summed E-state index contributed by atoms with van der Waals surface area (Å²) in [6.07, 6.45) is 0. The summed E-state index contributed by atoms with van der Waals surface area (Å²) in [5, 5.41) is 10.8. The highest BCUT2D eigenvalue weighted by molar-refractivity contribution is 6.07. The van der Waals surface area contributed by atoms with Gasteiger partial charge < -0.3 is 4.90 Å². The fourth-order valence-corrected chi connectivity index (χ4v) is 2.25. The number of carbonyl (C=O) groups excluding carboxylic acids is 1. The molecule has 1 amide bonds. The highest BCUT2D eigenvalue weighted by Gasteiger charge is 2.43. The molecule has 5 heteroatoms. The summed E-state index contributed by atoms with van der Waals surface area (Å²) in [4.78, 5) is 24.1. The van der Waals surface area contributed by atoms with Crippen molar-refractivity contribution in [3.05, 3.63) is 33.9 Å². The molecular weight excluding hydrogens is 220 g/mol. The fourth-order valence-electron chi connectivity index (χ4n) is 2.25. The van der Waals surface area contributed by atoms with Gasteiger partial charge in [0.2, 0.25) is 5.91 Å². The molecule has 0 radical (unpaired) electrons. The van der Waals surface area contributed by atoms with Crippen molar-refractivity contribution in [1.82, 2.24) is 0 Å². The zero-order chi connectivity index (χ0) is 12.8. The number of benzene rings is 1. The molecule has 0 aromatic heterocycles. The first kappa shape index (κ1) is 11.6. The summed E-state index contributed by atoms with van der Waals surface area (Å²) in [5.41, 5.74) is 0.867. The predicted molar refractivity (Wildman–Crippen MR) is 64.1 cm³/mol. The van der Waals surface area contributed by atoms with Gasteiger partial charge in [-0.05, 0) is 32.4 Å². The average molecular weight is 234 g/mol. The second-order valence-electron chi connectivity index (χ2n) is 4.63. The van der Waals surface area contributed by atoms with Gasteiger partial charge in [0.1, 0.15) is 0 Å². The van der Waals surface area contributed by atoms with E-state index < -0.39 is 10.3 Å². The van der Waals surface area contributed by atoms with Crippen LogP contribution >= 0.6 is 0 Å². The third kappa shape index (κ3) is 1.50. The van der Waals surface area contributed by atoms with Gasteiger partial charge in [-0.15, -0.1) is 0 Å². The van der Waals surface area contributed by atoms with E-state index in [9.17, 15) is 14.9 Å². The Bertz CT molecular complexity index is 508. The van der Waals surface area contributed by atoms with E-state index in [1.54, 1.807) is 24.8 Å². The number of nitrogens with zero attached hydrogens (tertiary/aromatic N) is 2. The van der Waals surface area contributed by atoms with Gasteiger partial charge in [0.05, 0.1) is 10.3 Å². The molecular formula is C12H14N2O3. The average Bonchev–Trinajstić information content (AvgIpc) is 2.47. The van der Waals surface area contributed by atoms with Crippen LogP contribution in [0.25, 0.3) is 0 Å². The number of fused-ring (bicyclic) bond motifs is 1. The lowest BCUT2D eigenvalue weighted by atomic mass is 9.86. The van der Waals surface area contributed by atoms with E-state index in [1.807, 2.05) is 6.92 Å². The van der Waals surface area contributed by atoms with E-state index >= 15 is 0 Å². The first-order valence-corrected chi connectivity index (χ1v) is 5.50. The van der Waals surface area contributed by atoms with Crippen molar-refractivity contribution >= 4 is 17.3 Å². The van der Waals surface area contributed by atoms with E-state index in [4.69, 9.17) is 0 Å². The van der Waals surface area contributed by atoms with Crippen molar-refractivity contribution in [2.24, 2.45) is 0 Å². The highest BCUT2D eigenvalue weighted by Crippen LogP contribution is 2.42. The molecule has 1 aromatic carbocycles. The van der Waals surface area contributed by atoms with Crippen LogP contribution in [0.15, 0.2) is 18.2 Å². The number of amides is 1. The monoisotopic (exact) mass is 234 g/mol. The maximum absolute atomic E-state index is 12.2. The molecule has 1 aliphatic heterocycles. The van der Waals surface area contributed by atoms with Crippen LogP contribution in [-0.2, 0) is 10.2 Å². The Labute approximate surface area is 99.2 Å². The Morgan fingerprint density at radius 3 is 2.59 bits per heavy atom. The number of hydrogen-bond donors (Lipinski definition) is 0. The van der Waals surface area contributed by atoms with Gasteiger partial charge >= 0.3 is 0 Å². The third-order valence-corrected chi connectivity index (χ3v) is 3.25. The lowest BCUT2D eigenvalue weighted by molar-refractivity contribution is -0.384. The summed E-state index contributed by atoms with van der Waals surface area (Å²) >= 11 is 0. The number of nitro benzene ring substituents is 1. The highest BCUT2D eigenvalue weighted by atomic mass is 16.6. The summed E-state index contributed by atoms with van der Waals surface area (Å²) in [6.45, 7) is 6.07. The molecule has 5 nitrogen and oxygen atoms in total. The maximum atomic E-state index is 12.2. The lowest BCUT2D eigenvalue weighted by Crippen LogP contribution is -2.35. The van der Waals surface area contributed by atoms with Crippen molar-refractivity contribution in [1.29, 1.82) is 0 Å². The van der Waals surface area contributed by atoms with Crippen LogP contribution in [-0.4, -0.2) is 17.4 Å². The van der Waals surface area contributed by atoms with Crippen molar-refractivity contribution in [3.8, 4) is 0 Å².